The molecule has 0 spiro atoms. The summed E-state index contributed by atoms with van der Waals surface area (Å²) < 4.78 is 11.8. The molecule has 3 aromatic rings. The molecule has 0 aliphatic carbocycles. The van der Waals surface area contributed by atoms with Gasteiger partial charge < -0.3 is 14.8 Å². The molecule has 2 heterocycles. The van der Waals surface area contributed by atoms with Crippen molar-refractivity contribution in [1.82, 2.24) is 25.3 Å². The standard InChI is InChI=1S/C12H12N6O2/c1-19-8-3-4-9(10(7-8)20-2)13-11-5-6-12-14-16-17-18(12)15-11/h3-7H,1-2H3,(H,13,15). The second-order valence-corrected chi connectivity index (χ2v) is 3.94. The van der Waals surface area contributed by atoms with Crippen LogP contribution in [0.2, 0.25) is 0 Å². The highest BCUT2D eigenvalue weighted by molar-refractivity contribution is 5.66. The summed E-state index contributed by atoms with van der Waals surface area (Å²) in [6, 6.07) is 9.03. The fourth-order valence-electron chi connectivity index (χ4n) is 1.76. The first-order chi connectivity index (χ1) is 9.80. The van der Waals surface area contributed by atoms with E-state index in [4.69, 9.17) is 9.47 Å². The van der Waals surface area contributed by atoms with Crippen molar-refractivity contribution in [2.45, 2.75) is 0 Å². The van der Waals surface area contributed by atoms with Gasteiger partial charge in [0.2, 0.25) is 0 Å². The summed E-state index contributed by atoms with van der Waals surface area (Å²) in [6.07, 6.45) is 0. The Labute approximate surface area is 114 Å². The minimum atomic E-state index is 0.581. The summed E-state index contributed by atoms with van der Waals surface area (Å²) >= 11 is 0. The number of nitrogens with one attached hydrogen (secondary N) is 1. The van der Waals surface area contributed by atoms with Crippen LogP contribution in [0, 0.1) is 0 Å². The number of methoxy groups -OCH3 is 2. The normalized spacial score (nSPS) is 10.5. The molecule has 0 aliphatic rings. The van der Waals surface area contributed by atoms with Crippen molar-refractivity contribution in [3.63, 3.8) is 0 Å². The van der Waals surface area contributed by atoms with Crippen molar-refractivity contribution in [3.8, 4) is 11.5 Å². The van der Waals surface area contributed by atoms with Crippen LogP contribution in [0.4, 0.5) is 11.5 Å². The maximum absolute atomic E-state index is 5.32. The summed E-state index contributed by atoms with van der Waals surface area (Å²) in [5.74, 6) is 1.98. The summed E-state index contributed by atoms with van der Waals surface area (Å²) in [5, 5.41) is 18.5. The molecule has 1 aromatic carbocycles. The lowest BCUT2D eigenvalue weighted by atomic mass is 10.2. The van der Waals surface area contributed by atoms with Crippen molar-refractivity contribution >= 4 is 17.2 Å². The van der Waals surface area contributed by atoms with Gasteiger partial charge in [-0.15, -0.1) is 14.8 Å². The number of benzene rings is 1. The Bertz CT molecular complexity index is 742. The molecule has 0 saturated heterocycles. The highest BCUT2D eigenvalue weighted by Crippen LogP contribution is 2.30. The largest absolute Gasteiger partial charge is 0.497 e. The molecular formula is C12H12N6O2. The van der Waals surface area contributed by atoms with E-state index < -0.39 is 0 Å². The highest BCUT2D eigenvalue weighted by Gasteiger charge is 2.07. The molecule has 1 N–H and O–H groups in total. The third-order valence-electron chi connectivity index (χ3n) is 2.74. The molecule has 0 bridgehead atoms. The van der Waals surface area contributed by atoms with Gasteiger partial charge in [0.25, 0.3) is 0 Å². The molecule has 8 nitrogen and oxygen atoms in total. The zero-order valence-corrected chi connectivity index (χ0v) is 10.9. The number of hydrogen-bond donors (Lipinski definition) is 1. The lowest BCUT2D eigenvalue weighted by Crippen LogP contribution is -2.01. The third-order valence-corrected chi connectivity index (χ3v) is 2.74. The molecule has 102 valence electrons. The Morgan fingerprint density at radius 2 is 2.00 bits per heavy atom. The summed E-state index contributed by atoms with van der Waals surface area (Å²) in [5.41, 5.74) is 1.35. The first kappa shape index (κ1) is 12.2. The lowest BCUT2D eigenvalue weighted by molar-refractivity contribution is 0.395. The first-order valence-corrected chi connectivity index (χ1v) is 5.84. The minimum Gasteiger partial charge on any atom is -0.497 e. The van der Waals surface area contributed by atoms with Crippen molar-refractivity contribution in [2.24, 2.45) is 0 Å². The molecule has 0 atom stereocenters. The maximum atomic E-state index is 5.32. The van der Waals surface area contributed by atoms with Crippen LogP contribution >= 0.6 is 0 Å². The molecule has 0 radical (unpaired) electrons. The van der Waals surface area contributed by atoms with E-state index in [1.54, 1.807) is 32.4 Å². The van der Waals surface area contributed by atoms with E-state index in [9.17, 15) is 0 Å². The van der Waals surface area contributed by atoms with E-state index in [0.29, 0.717) is 17.2 Å². The Kier molecular flexibility index (Phi) is 3.04. The van der Waals surface area contributed by atoms with Gasteiger partial charge in [0.1, 0.15) is 11.5 Å². The van der Waals surface area contributed by atoms with Gasteiger partial charge >= 0.3 is 0 Å². The van der Waals surface area contributed by atoms with Crippen LogP contribution in [0.25, 0.3) is 5.65 Å². The van der Waals surface area contributed by atoms with Crippen molar-refractivity contribution in [2.75, 3.05) is 19.5 Å². The molecule has 8 heteroatoms. The van der Waals surface area contributed by atoms with Crippen molar-refractivity contribution in [1.29, 1.82) is 0 Å². The van der Waals surface area contributed by atoms with Crippen LogP contribution in [-0.2, 0) is 0 Å². The van der Waals surface area contributed by atoms with Gasteiger partial charge in [0.15, 0.2) is 11.5 Å². The van der Waals surface area contributed by atoms with E-state index in [2.05, 4.69) is 25.9 Å². The summed E-state index contributed by atoms with van der Waals surface area (Å²) in [7, 11) is 3.20. The monoisotopic (exact) mass is 272 g/mol. The lowest BCUT2D eigenvalue weighted by Gasteiger charge is -2.11. The Morgan fingerprint density at radius 1 is 1.10 bits per heavy atom. The molecule has 3 rings (SSSR count). The average molecular weight is 272 g/mol. The molecular weight excluding hydrogens is 260 g/mol. The maximum Gasteiger partial charge on any atom is 0.200 e. The topological polar surface area (TPSA) is 86.5 Å². The zero-order chi connectivity index (χ0) is 13.9. The van der Waals surface area contributed by atoms with E-state index >= 15 is 0 Å². The van der Waals surface area contributed by atoms with Crippen LogP contribution in [0.15, 0.2) is 30.3 Å². The van der Waals surface area contributed by atoms with Gasteiger partial charge in [-0.3, -0.25) is 0 Å². The number of ether oxygens (including phenoxy) is 2. The Morgan fingerprint density at radius 3 is 2.80 bits per heavy atom. The molecule has 0 amide bonds. The number of rotatable bonds is 4. The smallest absolute Gasteiger partial charge is 0.200 e. The van der Waals surface area contributed by atoms with E-state index in [1.807, 2.05) is 12.1 Å². The third kappa shape index (κ3) is 2.18. The minimum absolute atomic E-state index is 0.581. The highest BCUT2D eigenvalue weighted by atomic mass is 16.5. The number of nitrogens with zero attached hydrogens (tertiary/aromatic N) is 5. The zero-order valence-electron chi connectivity index (χ0n) is 10.9. The molecule has 0 unspecified atom stereocenters. The number of anilines is 2. The second kappa shape index (κ2) is 5.00. The summed E-state index contributed by atoms with van der Waals surface area (Å²) in [4.78, 5) is 0. The van der Waals surface area contributed by atoms with Gasteiger partial charge in [-0.25, -0.2) is 0 Å². The van der Waals surface area contributed by atoms with Crippen LogP contribution in [0.5, 0.6) is 11.5 Å². The van der Waals surface area contributed by atoms with E-state index in [0.717, 1.165) is 11.4 Å². The molecule has 0 saturated carbocycles. The fraction of sp³-hybridized carbons (Fsp3) is 0.167. The number of aromatic nitrogens is 5. The van der Waals surface area contributed by atoms with Gasteiger partial charge in [-0.05, 0) is 34.7 Å². The fourth-order valence-corrected chi connectivity index (χ4v) is 1.76. The molecule has 0 aliphatic heterocycles. The van der Waals surface area contributed by atoms with E-state index in [-0.39, 0.29) is 0 Å². The van der Waals surface area contributed by atoms with Gasteiger partial charge in [-0.2, -0.15) is 0 Å². The molecule has 0 fully saturated rings. The number of hydrogen-bond acceptors (Lipinski definition) is 7. The Hall–Kier alpha value is -2.90. The predicted octanol–water partition coefficient (Wildman–Crippen LogP) is 1.28. The number of tetrazole rings is 1. The Balaban J connectivity index is 1.93. The molecule has 20 heavy (non-hydrogen) atoms. The van der Waals surface area contributed by atoms with Crippen LogP contribution in [0.3, 0.4) is 0 Å². The van der Waals surface area contributed by atoms with Gasteiger partial charge in [0.05, 0.1) is 19.9 Å². The van der Waals surface area contributed by atoms with E-state index in [1.165, 1.54) is 4.63 Å². The average Bonchev–Trinajstić information content (AvgIpc) is 2.95. The van der Waals surface area contributed by atoms with Crippen LogP contribution in [-0.4, -0.2) is 39.5 Å². The van der Waals surface area contributed by atoms with Crippen LogP contribution in [0.1, 0.15) is 0 Å². The first-order valence-electron chi connectivity index (χ1n) is 5.84. The SMILES string of the molecule is COc1ccc(Nc2ccc3nnnn3n2)c(OC)c1. The summed E-state index contributed by atoms with van der Waals surface area (Å²) in [6.45, 7) is 0. The number of fused-ring (bicyclic) bond motifs is 1. The van der Waals surface area contributed by atoms with Crippen LogP contribution < -0.4 is 14.8 Å². The van der Waals surface area contributed by atoms with Crippen molar-refractivity contribution in [3.05, 3.63) is 30.3 Å². The quantitative estimate of drug-likeness (QED) is 0.765. The van der Waals surface area contributed by atoms with Gasteiger partial charge in [-0.1, -0.05) is 0 Å². The van der Waals surface area contributed by atoms with Gasteiger partial charge in [0, 0.05) is 6.07 Å². The molecule has 2 aromatic heterocycles. The van der Waals surface area contributed by atoms with Crippen molar-refractivity contribution < 1.29 is 9.47 Å². The second-order valence-electron chi connectivity index (χ2n) is 3.94. The predicted molar refractivity (Wildman–Crippen MR) is 71.4 cm³/mol.